The molecule has 1 aliphatic rings. The Bertz CT molecular complexity index is 1050. The van der Waals surface area contributed by atoms with Crippen LogP contribution in [0.1, 0.15) is 40.7 Å². The van der Waals surface area contributed by atoms with Crippen LogP contribution in [0.25, 0.3) is 0 Å². The number of carbonyl (C=O) groups excluding carboxylic acids is 1. The normalized spacial score (nSPS) is 17.7. The van der Waals surface area contributed by atoms with Crippen molar-refractivity contribution in [2.45, 2.75) is 52.4 Å². The largest absolute Gasteiger partial charge is 0.315 e. The number of nitrogens with zero attached hydrogens (tertiary/aromatic N) is 2. The Morgan fingerprint density at radius 2 is 1.60 bits per heavy atom. The number of hydrogen-bond donors (Lipinski definition) is 0. The Balaban J connectivity index is 1.84. The Hall–Kier alpha value is -2.18. The molecule has 0 aromatic heterocycles. The first kappa shape index (κ1) is 22.5. The highest BCUT2D eigenvalue weighted by atomic mass is 32.2. The molecule has 2 aromatic rings. The van der Waals surface area contributed by atoms with E-state index in [2.05, 4.69) is 0 Å². The van der Waals surface area contributed by atoms with Gasteiger partial charge in [0.1, 0.15) is 0 Å². The van der Waals surface area contributed by atoms with E-state index in [9.17, 15) is 13.2 Å². The Morgan fingerprint density at radius 1 is 0.967 bits per heavy atom. The molecule has 1 heterocycles. The van der Waals surface area contributed by atoms with Crippen LogP contribution in [-0.2, 0) is 14.8 Å². The second-order valence-corrected chi connectivity index (χ2v) is 10.5. The number of sulfonamides is 1. The molecule has 1 amide bonds. The van der Waals surface area contributed by atoms with Gasteiger partial charge in [0.2, 0.25) is 15.9 Å². The quantitative estimate of drug-likeness (QED) is 0.730. The average Bonchev–Trinajstić information content (AvgIpc) is 2.68. The number of amides is 1. The van der Waals surface area contributed by atoms with Crippen molar-refractivity contribution in [1.29, 1.82) is 0 Å². The highest BCUT2D eigenvalue weighted by Crippen LogP contribution is 2.30. The van der Waals surface area contributed by atoms with Gasteiger partial charge in [-0.3, -0.25) is 4.79 Å². The van der Waals surface area contributed by atoms with Crippen molar-refractivity contribution in [3.05, 3.63) is 58.1 Å². The molecule has 0 spiro atoms. The molecule has 0 saturated carbocycles. The molecule has 6 heteroatoms. The Morgan fingerprint density at radius 3 is 2.20 bits per heavy atom. The summed E-state index contributed by atoms with van der Waals surface area (Å²) in [7, 11) is -1.87. The Kier molecular flexibility index (Phi) is 6.39. The first-order valence-electron chi connectivity index (χ1n) is 10.4. The van der Waals surface area contributed by atoms with Gasteiger partial charge in [0.05, 0.1) is 10.8 Å². The van der Waals surface area contributed by atoms with Crippen molar-refractivity contribution in [3.63, 3.8) is 0 Å². The molecule has 5 nitrogen and oxygen atoms in total. The highest BCUT2D eigenvalue weighted by molar-refractivity contribution is 7.89. The van der Waals surface area contributed by atoms with E-state index in [1.54, 1.807) is 11.9 Å². The van der Waals surface area contributed by atoms with Gasteiger partial charge in [0.15, 0.2) is 0 Å². The van der Waals surface area contributed by atoms with Gasteiger partial charge < -0.3 is 4.90 Å². The van der Waals surface area contributed by atoms with E-state index in [1.165, 1.54) is 9.87 Å². The molecule has 2 aromatic carbocycles. The van der Waals surface area contributed by atoms with Gasteiger partial charge in [-0.15, -0.1) is 0 Å². The maximum Gasteiger partial charge on any atom is 0.243 e. The van der Waals surface area contributed by atoms with Crippen LogP contribution in [0, 0.1) is 40.5 Å². The first-order chi connectivity index (χ1) is 14.0. The van der Waals surface area contributed by atoms with Crippen molar-refractivity contribution >= 4 is 21.6 Å². The second-order valence-electron chi connectivity index (χ2n) is 8.60. The molecular weight excluding hydrogens is 396 g/mol. The Labute approximate surface area is 180 Å². The number of aryl methyl sites for hydroxylation is 5. The number of anilines is 1. The molecule has 0 radical (unpaired) electrons. The lowest BCUT2D eigenvalue weighted by Crippen LogP contribution is -2.46. The molecule has 1 saturated heterocycles. The van der Waals surface area contributed by atoms with E-state index in [-0.39, 0.29) is 18.4 Å². The molecule has 0 bridgehead atoms. The number of piperidine rings is 1. The zero-order chi connectivity index (χ0) is 22.2. The summed E-state index contributed by atoms with van der Waals surface area (Å²) in [6.45, 7) is 10.4. The maximum absolute atomic E-state index is 13.4. The molecule has 0 N–H and O–H groups in total. The SMILES string of the molecule is Cc1cc(C)c(S(=O)(=O)N2CCCC(C(=O)N(C)c3ccc(C)c(C)c3)C2)c(C)c1. The minimum absolute atomic E-state index is 0.0319. The molecule has 1 unspecified atom stereocenters. The maximum atomic E-state index is 13.4. The number of benzene rings is 2. The topological polar surface area (TPSA) is 57.7 Å². The summed E-state index contributed by atoms with van der Waals surface area (Å²) in [5.41, 5.74) is 5.71. The van der Waals surface area contributed by atoms with Crippen LogP contribution in [0.15, 0.2) is 35.2 Å². The smallest absolute Gasteiger partial charge is 0.243 e. The van der Waals surface area contributed by atoms with Crippen LogP contribution in [0.2, 0.25) is 0 Å². The van der Waals surface area contributed by atoms with Crippen LogP contribution in [-0.4, -0.2) is 38.8 Å². The highest BCUT2D eigenvalue weighted by Gasteiger charge is 2.36. The fraction of sp³-hybridized carbons (Fsp3) is 0.458. The third-order valence-electron chi connectivity index (χ3n) is 6.14. The molecule has 30 heavy (non-hydrogen) atoms. The predicted molar refractivity (Wildman–Crippen MR) is 121 cm³/mol. The van der Waals surface area contributed by atoms with Crippen LogP contribution in [0.5, 0.6) is 0 Å². The predicted octanol–water partition coefficient (Wildman–Crippen LogP) is 4.29. The lowest BCUT2D eigenvalue weighted by Gasteiger charge is -2.34. The standard InChI is InChI=1S/C24H32N2O3S/c1-16-12-19(4)23(20(5)13-16)30(28,29)26-11-7-8-21(15-26)24(27)25(6)22-10-9-17(2)18(3)14-22/h9-10,12-14,21H,7-8,11,15H2,1-6H3. The van der Waals surface area contributed by atoms with Crippen molar-refractivity contribution in [1.82, 2.24) is 4.31 Å². The lowest BCUT2D eigenvalue weighted by molar-refractivity contribution is -0.123. The third-order valence-corrected chi connectivity index (χ3v) is 8.32. The van der Waals surface area contributed by atoms with E-state index in [0.29, 0.717) is 24.3 Å². The summed E-state index contributed by atoms with van der Waals surface area (Å²) in [4.78, 5) is 15.2. The molecule has 1 atom stereocenters. The minimum atomic E-state index is -3.65. The molecule has 1 fully saturated rings. The van der Waals surface area contributed by atoms with Gasteiger partial charge in [-0.05, 0) is 81.8 Å². The van der Waals surface area contributed by atoms with Crippen LogP contribution >= 0.6 is 0 Å². The number of carbonyl (C=O) groups is 1. The summed E-state index contributed by atoms with van der Waals surface area (Å²) in [6, 6.07) is 9.76. The molecule has 1 aliphatic heterocycles. The van der Waals surface area contributed by atoms with Crippen molar-refractivity contribution in [2.75, 3.05) is 25.0 Å². The summed E-state index contributed by atoms with van der Waals surface area (Å²) < 4.78 is 28.4. The average molecular weight is 429 g/mol. The lowest BCUT2D eigenvalue weighted by atomic mass is 9.98. The minimum Gasteiger partial charge on any atom is -0.315 e. The molecule has 0 aliphatic carbocycles. The van der Waals surface area contributed by atoms with Crippen LogP contribution < -0.4 is 4.90 Å². The summed E-state index contributed by atoms with van der Waals surface area (Å²) in [5.74, 6) is -0.373. The summed E-state index contributed by atoms with van der Waals surface area (Å²) in [6.07, 6.45) is 1.38. The van der Waals surface area contributed by atoms with E-state index in [4.69, 9.17) is 0 Å². The van der Waals surface area contributed by atoms with E-state index in [0.717, 1.165) is 27.9 Å². The fourth-order valence-corrected chi connectivity index (χ4v) is 6.34. The van der Waals surface area contributed by atoms with Crippen molar-refractivity contribution in [2.24, 2.45) is 5.92 Å². The number of hydrogen-bond acceptors (Lipinski definition) is 3. The van der Waals surface area contributed by atoms with Crippen LogP contribution in [0.3, 0.4) is 0 Å². The second kappa shape index (κ2) is 8.52. The van der Waals surface area contributed by atoms with Gasteiger partial charge in [0.25, 0.3) is 0 Å². The molecular formula is C24H32N2O3S. The molecule has 3 rings (SSSR count). The van der Waals surface area contributed by atoms with Crippen molar-refractivity contribution in [3.8, 4) is 0 Å². The van der Waals surface area contributed by atoms with E-state index >= 15 is 0 Å². The van der Waals surface area contributed by atoms with Gasteiger partial charge in [-0.1, -0.05) is 23.8 Å². The monoisotopic (exact) mass is 428 g/mol. The summed E-state index contributed by atoms with van der Waals surface area (Å²) >= 11 is 0. The van der Waals surface area contributed by atoms with Gasteiger partial charge in [-0.25, -0.2) is 8.42 Å². The first-order valence-corrected chi connectivity index (χ1v) is 11.9. The fourth-order valence-electron chi connectivity index (χ4n) is 4.40. The third kappa shape index (κ3) is 4.30. The summed E-state index contributed by atoms with van der Waals surface area (Å²) in [5, 5.41) is 0. The number of rotatable bonds is 4. The zero-order valence-corrected chi connectivity index (χ0v) is 19.6. The van der Waals surface area contributed by atoms with Crippen LogP contribution in [0.4, 0.5) is 5.69 Å². The zero-order valence-electron chi connectivity index (χ0n) is 18.8. The van der Waals surface area contributed by atoms with E-state index in [1.807, 2.05) is 65.0 Å². The molecule has 162 valence electrons. The van der Waals surface area contributed by atoms with Gasteiger partial charge in [0, 0.05) is 25.8 Å². The van der Waals surface area contributed by atoms with Gasteiger partial charge >= 0.3 is 0 Å². The van der Waals surface area contributed by atoms with E-state index < -0.39 is 10.0 Å². The van der Waals surface area contributed by atoms with Crippen molar-refractivity contribution < 1.29 is 13.2 Å². The van der Waals surface area contributed by atoms with Gasteiger partial charge in [-0.2, -0.15) is 4.31 Å².